The van der Waals surface area contributed by atoms with Crippen LogP contribution in [0.4, 0.5) is 0 Å². The number of aromatic nitrogens is 5. The summed E-state index contributed by atoms with van der Waals surface area (Å²) in [5, 5.41) is 12.6. The Labute approximate surface area is 159 Å². The van der Waals surface area contributed by atoms with Gasteiger partial charge in [0.1, 0.15) is 6.10 Å². The molecule has 0 amide bonds. The van der Waals surface area contributed by atoms with E-state index in [0.717, 1.165) is 16.1 Å². The Morgan fingerprint density at radius 2 is 1.96 bits per heavy atom. The van der Waals surface area contributed by atoms with Gasteiger partial charge in [-0.2, -0.15) is 4.98 Å². The van der Waals surface area contributed by atoms with Crippen molar-refractivity contribution >= 4 is 11.3 Å². The zero-order chi connectivity index (χ0) is 18.4. The van der Waals surface area contributed by atoms with Gasteiger partial charge in [-0.1, -0.05) is 40.2 Å². The first-order chi connectivity index (χ1) is 13.2. The second-order valence-electron chi connectivity index (χ2n) is 6.61. The van der Waals surface area contributed by atoms with Crippen LogP contribution < -0.4 is 0 Å². The average Bonchev–Trinajstić information content (AvgIpc) is 3.40. The van der Waals surface area contributed by atoms with Crippen molar-refractivity contribution in [2.24, 2.45) is 0 Å². The van der Waals surface area contributed by atoms with E-state index in [0.29, 0.717) is 30.6 Å². The lowest BCUT2D eigenvalue weighted by molar-refractivity contribution is -0.00112. The molecule has 5 rings (SSSR count). The smallest absolute Gasteiger partial charge is 0.268 e. The number of aryl methyl sites for hydroxylation is 2. The van der Waals surface area contributed by atoms with Crippen molar-refractivity contribution in [1.29, 1.82) is 0 Å². The lowest BCUT2D eigenvalue weighted by Gasteiger charge is -2.24. The molecule has 8 heteroatoms. The maximum absolute atomic E-state index is 6.06. The highest BCUT2D eigenvalue weighted by atomic mass is 32.1. The molecule has 4 aromatic rings. The van der Waals surface area contributed by atoms with Crippen LogP contribution in [-0.4, -0.2) is 25.1 Å². The predicted octanol–water partition coefficient (Wildman–Crippen LogP) is 3.94. The van der Waals surface area contributed by atoms with E-state index in [1.807, 2.05) is 23.7 Å². The summed E-state index contributed by atoms with van der Waals surface area (Å²) in [5.41, 5.74) is 3.85. The molecule has 136 valence electrons. The van der Waals surface area contributed by atoms with Crippen LogP contribution in [0, 0.1) is 13.8 Å². The van der Waals surface area contributed by atoms with Gasteiger partial charge in [-0.3, -0.25) is 0 Å². The van der Waals surface area contributed by atoms with Gasteiger partial charge in [0.25, 0.3) is 5.89 Å². The number of thiophene rings is 1. The van der Waals surface area contributed by atoms with E-state index < -0.39 is 0 Å². The fourth-order valence-corrected chi connectivity index (χ4v) is 3.93. The number of benzene rings is 1. The summed E-state index contributed by atoms with van der Waals surface area (Å²) >= 11 is 1.62. The number of hydrogen-bond donors (Lipinski definition) is 0. The van der Waals surface area contributed by atoms with E-state index in [9.17, 15) is 0 Å². The minimum Gasteiger partial charge on any atom is -0.365 e. The van der Waals surface area contributed by atoms with Crippen LogP contribution in [0.5, 0.6) is 0 Å². The summed E-state index contributed by atoms with van der Waals surface area (Å²) in [7, 11) is 0. The van der Waals surface area contributed by atoms with Gasteiger partial charge in [0, 0.05) is 4.88 Å². The molecule has 0 fully saturated rings. The molecule has 1 atom stereocenters. The van der Waals surface area contributed by atoms with E-state index >= 15 is 0 Å². The molecule has 0 bridgehead atoms. The van der Waals surface area contributed by atoms with Gasteiger partial charge in [0.15, 0.2) is 5.69 Å². The summed E-state index contributed by atoms with van der Waals surface area (Å²) in [4.78, 5) is 6.64. The third-order valence-electron chi connectivity index (χ3n) is 4.64. The normalized spacial score (nSPS) is 16.4. The van der Waals surface area contributed by atoms with Crippen LogP contribution in [-0.2, 0) is 17.9 Å². The summed E-state index contributed by atoms with van der Waals surface area (Å²) in [5.74, 6) is 0.939. The molecule has 27 heavy (non-hydrogen) atoms. The zero-order valence-electron chi connectivity index (χ0n) is 14.9. The quantitative estimate of drug-likeness (QED) is 0.536. The van der Waals surface area contributed by atoms with Gasteiger partial charge in [-0.05, 0) is 31.5 Å². The molecule has 0 saturated heterocycles. The largest absolute Gasteiger partial charge is 0.365 e. The van der Waals surface area contributed by atoms with E-state index in [4.69, 9.17) is 9.26 Å². The molecule has 0 radical (unpaired) electrons. The molecule has 0 spiro atoms. The van der Waals surface area contributed by atoms with Crippen molar-refractivity contribution in [3.8, 4) is 22.3 Å². The summed E-state index contributed by atoms with van der Waals surface area (Å²) in [6.45, 7) is 5.13. The summed E-state index contributed by atoms with van der Waals surface area (Å²) < 4.78 is 13.3. The van der Waals surface area contributed by atoms with E-state index in [1.165, 1.54) is 10.4 Å². The Balaban J connectivity index is 1.41. The predicted molar refractivity (Wildman–Crippen MR) is 100 cm³/mol. The zero-order valence-corrected chi connectivity index (χ0v) is 15.7. The first-order valence-corrected chi connectivity index (χ1v) is 9.50. The number of hydrogen-bond acceptors (Lipinski definition) is 7. The molecule has 0 saturated carbocycles. The molecular formula is C19H17N5O2S. The Morgan fingerprint density at radius 1 is 1.11 bits per heavy atom. The maximum atomic E-state index is 6.06. The number of ether oxygens (including phenoxy) is 1. The SMILES string of the molecule is Cc1ccc([C@H]2Cn3nnc(-c4noc(-c5ccc(C)s5)n4)c3CO2)cc1. The molecule has 0 N–H and O–H groups in total. The van der Waals surface area contributed by atoms with Crippen molar-refractivity contribution in [1.82, 2.24) is 25.1 Å². The molecule has 7 nitrogen and oxygen atoms in total. The van der Waals surface area contributed by atoms with Gasteiger partial charge in [-0.15, -0.1) is 16.4 Å². The van der Waals surface area contributed by atoms with Gasteiger partial charge >= 0.3 is 0 Å². The highest BCUT2D eigenvalue weighted by Gasteiger charge is 2.27. The lowest BCUT2D eigenvalue weighted by atomic mass is 10.1. The molecule has 4 heterocycles. The molecule has 1 aliphatic heterocycles. The van der Waals surface area contributed by atoms with Crippen molar-refractivity contribution in [3.05, 3.63) is 58.1 Å². The molecule has 3 aromatic heterocycles. The van der Waals surface area contributed by atoms with E-state index in [-0.39, 0.29) is 6.10 Å². The Bertz CT molecular complexity index is 1100. The molecule has 0 aliphatic carbocycles. The summed E-state index contributed by atoms with van der Waals surface area (Å²) in [6.07, 6.45) is -0.0393. The maximum Gasteiger partial charge on any atom is 0.268 e. The standard InChI is InChI=1S/C19H17N5O2S/c1-11-3-6-13(7-4-11)15-9-24-14(10-25-15)17(21-23-24)18-20-19(26-22-18)16-8-5-12(2)27-16/h3-8,15H,9-10H2,1-2H3/t15-/m1/s1. The molecule has 1 aliphatic rings. The fourth-order valence-electron chi connectivity index (χ4n) is 3.14. The Kier molecular flexibility index (Phi) is 3.87. The number of rotatable bonds is 3. The van der Waals surface area contributed by atoms with E-state index in [1.54, 1.807) is 11.3 Å². The van der Waals surface area contributed by atoms with Crippen LogP contribution in [0.3, 0.4) is 0 Å². The highest BCUT2D eigenvalue weighted by molar-refractivity contribution is 7.15. The van der Waals surface area contributed by atoms with Crippen LogP contribution in [0.15, 0.2) is 40.9 Å². The lowest BCUT2D eigenvalue weighted by Crippen LogP contribution is -2.22. The van der Waals surface area contributed by atoms with Gasteiger partial charge in [-0.25, -0.2) is 4.68 Å². The monoisotopic (exact) mass is 379 g/mol. The number of nitrogens with zero attached hydrogens (tertiary/aromatic N) is 5. The number of fused-ring (bicyclic) bond motifs is 1. The van der Waals surface area contributed by atoms with Crippen molar-refractivity contribution in [3.63, 3.8) is 0 Å². The van der Waals surface area contributed by atoms with Gasteiger partial charge < -0.3 is 9.26 Å². The van der Waals surface area contributed by atoms with Crippen LogP contribution in [0.25, 0.3) is 22.3 Å². The molecule has 1 aromatic carbocycles. The minimum atomic E-state index is -0.0393. The van der Waals surface area contributed by atoms with Crippen molar-refractivity contribution in [2.75, 3.05) is 0 Å². The highest BCUT2D eigenvalue weighted by Crippen LogP contribution is 2.32. The van der Waals surface area contributed by atoms with Gasteiger partial charge in [0.2, 0.25) is 5.82 Å². The van der Waals surface area contributed by atoms with E-state index in [2.05, 4.69) is 51.6 Å². The minimum absolute atomic E-state index is 0.0393. The van der Waals surface area contributed by atoms with Crippen molar-refractivity contribution in [2.45, 2.75) is 33.1 Å². The molecular weight excluding hydrogens is 362 g/mol. The summed E-state index contributed by atoms with van der Waals surface area (Å²) in [6, 6.07) is 12.4. The Hall–Kier alpha value is -2.84. The third-order valence-corrected chi connectivity index (χ3v) is 5.62. The Morgan fingerprint density at radius 3 is 2.74 bits per heavy atom. The average molecular weight is 379 g/mol. The van der Waals surface area contributed by atoms with Crippen LogP contribution in [0.2, 0.25) is 0 Å². The fraction of sp³-hybridized carbons (Fsp3) is 0.263. The molecule has 0 unspecified atom stereocenters. The second-order valence-corrected chi connectivity index (χ2v) is 7.90. The van der Waals surface area contributed by atoms with Crippen LogP contribution >= 0.6 is 11.3 Å². The second kappa shape index (κ2) is 6.40. The van der Waals surface area contributed by atoms with Gasteiger partial charge in [0.05, 0.1) is 23.7 Å². The van der Waals surface area contributed by atoms with Crippen molar-refractivity contribution < 1.29 is 9.26 Å². The first-order valence-electron chi connectivity index (χ1n) is 8.69. The topological polar surface area (TPSA) is 78.9 Å². The third kappa shape index (κ3) is 2.96. The van der Waals surface area contributed by atoms with Crippen LogP contribution in [0.1, 0.15) is 27.8 Å². The first kappa shape index (κ1) is 16.3.